The molecule has 0 aliphatic heterocycles. The van der Waals surface area contributed by atoms with Crippen molar-refractivity contribution in [1.82, 2.24) is 0 Å². The van der Waals surface area contributed by atoms with Crippen LogP contribution in [0.4, 0.5) is 0 Å². The Balaban J connectivity index is 4.24. The van der Waals surface area contributed by atoms with Gasteiger partial charge < -0.3 is 13.3 Å². The zero-order valence-corrected chi connectivity index (χ0v) is 9.52. The van der Waals surface area contributed by atoms with Gasteiger partial charge in [-0.15, -0.1) is 13.2 Å². The molecule has 0 saturated carbocycles. The van der Waals surface area contributed by atoms with E-state index in [1.165, 1.54) is 14.2 Å². The molecule has 0 spiro atoms. The summed E-state index contributed by atoms with van der Waals surface area (Å²) >= 11 is 0. The van der Waals surface area contributed by atoms with Gasteiger partial charge in [-0.25, -0.2) is 4.89 Å². The molecule has 0 aromatic rings. The summed E-state index contributed by atoms with van der Waals surface area (Å²) in [5.74, 6) is 0. The average molecular weight is 220 g/mol. The fourth-order valence-electron chi connectivity index (χ4n) is 0.666. The molecule has 5 nitrogen and oxygen atoms in total. The first-order valence-corrected chi connectivity index (χ1v) is 5.64. The Morgan fingerprint density at radius 2 is 1.57 bits per heavy atom. The van der Waals surface area contributed by atoms with E-state index in [1.807, 2.05) is 0 Å². The molecule has 0 N–H and O–H groups in total. The van der Waals surface area contributed by atoms with E-state index < -0.39 is 9.05 Å². The van der Waals surface area contributed by atoms with E-state index in [-0.39, 0.29) is 13.2 Å². The minimum Gasteiger partial charge on any atom is -0.353 e. The highest BCUT2D eigenvalue weighted by atomic mass is 28.4. The van der Waals surface area contributed by atoms with Gasteiger partial charge in [0.1, 0.15) is 0 Å². The average Bonchev–Trinajstić information content (AvgIpc) is 2.22. The second-order valence-electron chi connectivity index (χ2n) is 2.15. The summed E-state index contributed by atoms with van der Waals surface area (Å²) in [4.78, 5) is 4.51. The van der Waals surface area contributed by atoms with Gasteiger partial charge in [-0.3, -0.25) is 0 Å². The van der Waals surface area contributed by atoms with Crippen LogP contribution in [-0.4, -0.2) is 36.5 Å². The second-order valence-corrected chi connectivity index (χ2v) is 4.31. The van der Waals surface area contributed by atoms with Crippen molar-refractivity contribution in [3.05, 3.63) is 25.3 Å². The summed E-state index contributed by atoms with van der Waals surface area (Å²) in [5, 5.41) is 0. The third kappa shape index (κ3) is 4.65. The van der Waals surface area contributed by atoms with Crippen LogP contribution in [0, 0.1) is 0 Å². The Bertz CT molecular complexity index is 161. The van der Waals surface area contributed by atoms with Crippen molar-refractivity contribution in [1.29, 1.82) is 0 Å². The monoisotopic (exact) mass is 220 g/mol. The van der Waals surface area contributed by atoms with Gasteiger partial charge in [-0.2, -0.15) is 4.58 Å². The molecule has 0 aromatic heterocycles. The minimum absolute atomic E-state index is 0.264. The van der Waals surface area contributed by atoms with Crippen molar-refractivity contribution >= 4 is 9.05 Å². The van der Waals surface area contributed by atoms with E-state index in [0.29, 0.717) is 0 Å². The summed E-state index contributed by atoms with van der Waals surface area (Å²) in [7, 11) is -0.392. The molecule has 14 heavy (non-hydrogen) atoms. The molecule has 0 aromatic carbocycles. The first-order valence-electron chi connectivity index (χ1n) is 4.01. The predicted octanol–water partition coefficient (Wildman–Crippen LogP) is 1.05. The van der Waals surface area contributed by atoms with Gasteiger partial charge in [-0.05, 0) is 0 Å². The molecule has 0 bridgehead atoms. The molecule has 0 heterocycles. The fourth-order valence-corrected chi connectivity index (χ4v) is 2.00. The first kappa shape index (κ1) is 13.5. The Kier molecular flexibility index (Phi) is 7.58. The minimum atomic E-state index is -3.18. The molecule has 0 fully saturated rings. The van der Waals surface area contributed by atoms with Crippen molar-refractivity contribution in [2.24, 2.45) is 0 Å². The van der Waals surface area contributed by atoms with Gasteiger partial charge in [0.15, 0.2) is 0 Å². The Hall–Kier alpha value is -0.503. The van der Waals surface area contributed by atoms with E-state index in [9.17, 15) is 0 Å². The quantitative estimate of drug-likeness (QED) is 0.251. The third-order valence-corrected chi connectivity index (χ3v) is 3.10. The molecular weight excluding hydrogens is 204 g/mol. The maximum absolute atomic E-state index is 5.25. The van der Waals surface area contributed by atoms with Gasteiger partial charge in [0.05, 0.1) is 20.3 Å². The first-order chi connectivity index (χ1) is 6.74. The van der Waals surface area contributed by atoms with Gasteiger partial charge in [0, 0.05) is 7.11 Å². The SMILES string of the molecule is C=CCO[Si](OC)(OCC=C)OOC. The molecule has 82 valence electrons. The lowest BCUT2D eigenvalue weighted by Gasteiger charge is -2.23. The van der Waals surface area contributed by atoms with E-state index in [4.69, 9.17) is 17.9 Å². The summed E-state index contributed by atoms with van der Waals surface area (Å²) in [5.41, 5.74) is 0. The van der Waals surface area contributed by atoms with Crippen molar-refractivity contribution in [2.45, 2.75) is 0 Å². The van der Waals surface area contributed by atoms with Crippen molar-refractivity contribution < 1.29 is 22.7 Å². The maximum atomic E-state index is 5.25. The summed E-state index contributed by atoms with van der Waals surface area (Å²) in [6, 6.07) is 0. The third-order valence-electron chi connectivity index (χ3n) is 1.19. The molecule has 0 aliphatic rings. The largest absolute Gasteiger partial charge is 0.708 e. The zero-order chi connectivity index (χ0) is 10.9. The predicted molar refractivity (Wildman–Crippen MR) is 53.2 cm³/mol. The second kappa shape index (κ2) is 7.86. The maximum Gasteiger partial charge on any atom is 0.708 e. The molecule has 0 atom stereocenters. The van der Waals surface area contributed by atoms with Crippen molar-refractivity contribution in [3.63, 3.8) is 0 Å². The van der Waals surface area contributed by atoms with Crippen LogP contribution in [0.5, 0.6) is 0 Å². The number of hydrogen-bond donors (Lipinski definition) is 0. The molecule has 0 aliphatic carbocycles. The van der Waals surface area contributed by atoms with Crippen molar-refractivity contribution in [2.75, 3.05) is 27.4 Å². The number of hydrogen-bond acceptors (Lipinski definition) is 5. The number of rotatable bonds is 9. The van der Waals surface area contributed by atoms with Crippen LogP contribution < -0.4 is 0 Å². The lowest BCUT2D eigenvalue weighted by Crippen LogP contribution is -2.48. The van der Waals surface area contributed by atoms with Crippen molar-refractivity contribution in [3.8, 4) is 0 Å². The molecular formula is C8H16O5Si. The lowest BCUT2D eigenvalue weighted by atomic mass is 10.7. The molecule has 0 amide bonds. The summed E-state index contributed by atoms with van der Waals surface area (Å²) in [6.45, 7) is 7.54. The van der Waals surface area contributed by atoms with Gasteiger partial charge in [0.2, 0.25) is 0 Å². The van der Waals surface area contributed by atoms with E-state index in [0.717, 1.165) is 0 Å². The fraction of sp³-hybridized carbons (Fsp3) is 0.500. The molecule has 0 radical (unpaired) electrons. The molecule has 0 unspecified atom stereocenters. The normalized spacial score (nSPS) is 11.3. The smallest absolute Gasteiger partial charge is 0.353 e. The van der Waals surface area contributed by atoms with Crippen LogP contribution >= 0.6 is 0 Å². The van der Waals surface area contributed by atoms with Gasteiger partial charge in [0.25, 0.3) is 0 Å². The Morgan fingerprint density at radius 1 is 1.07 bits per heavy atom. The van der Waals surface area contributed by atoms with Crippen LogP contribution in [0.15, 0.2) is 25.3 Å². The van der Waals surface area contributed by atoms with E-state index >= 15 is 0 Å². The summed E-state index contributed by atoms with van der Waals surface area (Å²) < 4.78 is 20.4. The van der Waals surface area contributed by atoms with Crippen LogP contribution in [0.25, 0.3) is 0 Å². The van der Waals surface area contributed by atoms with Crippen LogP contribution in [-0.2, 0) is 22.7 Å². The standard InChI is InChI=1S/C8H16O5Si/c1-5-7-11-14(10-4,13-9-3)12-8-6-2/h5-6H,1-2,7-8H2,3-4H3. The molecule has 0 rings (SSSR count). The molecule has 0 saturated heterocycles. The summed E-state index contributed by atoms with van der Waals surface area (Å²) in [6.07, 6.45) is 3.13. The van der Waals surface area contributed by atoms with Gasteiger partial charge in [-0.1, -0.05) is 12.2 Å². The Morgan fingerprint density at radius 3 is 1.86 bits per heavy atom. The Labute approximate surface area is 85.3 Å². The highest BCUT2D eigenvalue weighted by Gasteiger charge is 2.46. The highest BCUT2D eigenvalue weighted by molar-refractivity contribution is 6.53. The van der Waals surface area contributed by atoms with Crippen LogP contribution in [0.1, 0.15) is 0 Å². The lowest BCUT2D eigenvalue weighted by molar-refractivity contribution is -0.250. The topological polar surface area (TPSA) is 46.2 Å². The van der Waals surface area contributed by atoms with Crippen LogP contribution in [0.3, 0.4) is 0 Å². The molecule has 6 heteroatoms. The highest BCUT2D eigenvalue weighted by Crippen LogP contribution is 2.10. The van der Waals surface area contributed by atoms with E-state index in [2.05, 4.69) is 18.0 Å². The zero-order valence-electron chi connectivity index (χ0n) is 8.52. The van der Waals surface area contributed by atoms with Gasteiger partial charge >= 0.3 is 9.05 Å². The van der Waals surface area contributed by atoms with E-state index in [1.54, 1.807) is 12.2 Å². The van der Waals surface area contributed by atoms with Crippen LogP contribution in [0.2, 0.25) is 0 Å².